The normalized spacial score (nSPS) is 24.0. The smallest absolute Gasteiger partial charge is 0.303 e. The lowest BCUT2D eigenvalue weighted by atomic mass is 9.86. The van der Waals surface area contributed by atoms with Gasteiger partial charge in [-0.2, -0.15) is 5.26 Å². The molecule has 1 amide bonds. The Labute approximate surface area is 208 Å². The van der Waals surface area contributed by atoms with Crippen LogP contribution in [-0.2, 0) is 20.7 Å². The Bertz CT molecular complexity index is 1350. The molecule has 184 valence electrons. The molecule has 2 N–H and O–H groups in total. The fourth-order valence-corrected chi connectivity index (χ4v) is 5.11. The van der Waals surface area contributed by atoms with E-state index >= 15 is 0 Å². The van der Waals surface area contributed by atoms with Gasteiger partial charge in [-0.25, -0.2) is 0 Å². The Morgan fingerprint density at radius 3 is 2.86 bits per heavy atom. The van der Waals surface area contributed by atoms with E-state index in [4.69, 9.17) is 14.3 Å². The highest BCUT2D eigenvalue weighted by atomic mass is 16.5. The van der Waals surface area contributed by atoms with E-state index in [1.165, 1.54) is 0 Å². The van der Waals surface area contributed by atoms with E-state index in [0.717, 1.165) is 23.3 Å². The average Bonchev–Trinajstić information content (AvgIpc) is 3.48. The number of anilines is 1. The van der Waals surface area contributed by atoms with E-state index in [2.05, 4.69) is 21.6 Å². The number of nitrogens with zero attached hydrogens (tertiary/aromatic N) is 3. The molecule has 0 bridgehead atoms. The first kappa shape index (κ1) is 23.5. The molecule has 5 rings (SSSR count). The molecular weight excluding hydrogens is 460 g/mol. The summed E-state index contributed by atoms with van der Waals surface area (Å²) in [5, 5.41) is 29.4. The summed E-state index contributed by atoms with van der Waals surface area (Å²) in [7, 11) is 0. The number of ether oxygens (including phenoxy) is 1. The summed E-state index contributed by atoms with van der Waals surface area (Å²) in [6, 6.07) is 7.23. The van der Waals surface area contributed by atoms with Crippen LogP contribution in [-0.4, -0.2) is 33.8 Å². The molecule has 3 aliphatic rings. The summed E-state index contributed by atoms with van der Waals surface area (Å²) >= 11 is 0. The van der Waals surface area contributed by atoms with Crippen molar-refractivity contribution < 1.29 is 23.8 Å². The van der Waals surface area contributed by atoms with Crippen LogP contribution in [0.15, 0.2) is 58.3 Å². The van der Waals surface area contributed by atoms with E-state index in [1.54, 1.807) is 25.1 Å². The van der Waals surface area contributed by atoms with Gasteiger partial charge in [0.2, 0.25) is 17.7 Å². The third-order valence-electron chi connectivity index (χ3n) is 7.08. The monoisotopic (exact) mass is 486 g/mol. The number of aromatic nitrogens is 2. The van der Waals surface area contributed by atoms with Gasteiger partial charge < -0.3 is 19.6 Å². The number of hydrogen-bond acceptors (Lipinski definition) is 7. The number of benzene rings is 1. The van der Waals surface area contributed by atoms with Gasteiger partial charge >= 0.3 is 5.97 Å². The molecule has 1 unspecified atom stereocenters. The second-order valence-corrected chi connectivity index (χ2v) is 9.41. The number of nitriles is 1. The van der Waals surface area contributed by atoms with Crippen LogP contribution in [0.3, 0.4) is 0 Å². The Kier molecular flexibility index (Phi) is 6.18. The number of carbonyl (C=O) groups is 2. The zero-order valence-corrected chi connectivity index (χ0v) is 19.9. The van der Waals surface area contributed by atoms with Crippen LogP contribution in [0, 0.1) is 29.6 Å². The zero-order chi connectivity index (χ0) is 25.3. The maximum Gasteiger partial charge on any atom is 0.303 e. The number of nitrogens with one attached hydrogen (secondary N) is 1. The van der Waals surface area contributed by atoms with Gasteiger partial charge in [-0.1, -0.05) is 24.3 Å². The summed E-state index contributed by atoms with van der Waals surface area (Å²) in [5.41, 5.74) is 2.51. The maximum atomic E-state index is 13.4. The number of fused-ring (bicyclic) bond motifs is 1. The van der Waals surface area contributed by atoms with Crippen LogP contribution in [0.1, 0.15) is 54.5 Å². The van der Waals surface area contributed by atoms with Crippen molar-refractivity contribution in [3.05, 3.63) is 76.7 Å². The summed E-state index contributed by atoms with van der Waals surface area (Å²) in [6.45, 7) is 2.27. The minimum absolute atomic E-state index is 0.0417. The number of amides is 1. The Morgan fingerprint density at radius 2 is 2.11 bits per heavy atom. The highest BCUT2D eigenvalue weighted by Gasteiger charge is 2.61. The number of hydrogen-bond donors (Lipinski definition) is 2. The lowest BCUT2D eigenvalue weighted by Crippen LogP contribution is -2.24. The predicted octanol–water partition coefficient (Wildman–Crippen LogP) is 4.19. The Morgan fingerprint density at radius 1 is 1.28 bits per heavy atom. The highest BCUT2D eigenvalue weighted by Crippen LogP contribution is 2.63. The number of carboxylic acids is 1. The van der Waals surface area contributed by atoms with Gasteiger partial charge in [0.1, 0.15) is 5.76 Å². The molecule has 9 nitrogen and oxygen atoms in total. The molecule has 2 aliphatic carbocycles. The first-order valence-corrected chi connectivity index (χ1v) is 12.0. The third-order valence-corrected chi connectivity index (χ3v) is 7.08. The topological polar surface area (TPSA) is 138 Å². The third kappa shape index (κ3) is 4.54. The van der Waals surface area contributed by atoms with Crippen molar-refractivity contribution in [1.82, 2.24) is 10.2 Å². The molecule has 1 spiro atoms. The van der Waals surface area contributed by atoms with E-state index in [0.29, 0.717) is 48.9 Å². The fraction of sp³-hybridized carbons (Fsp3) is 0.370. The molecule has 1 fully saturated rings. The SMILES string of the molecule is Cc1nnc(C2C=CC3=C(C=C2)[C@]2(CCO3)C[C@H]2C(=O)Nc2cc(C#N)ccc2CCCC(=O)O)o1. The Balaban J connectivity index is 1.34. The van der Waals surface area contributed by atoms with Gasteiger partial charge in [0.25, 0.3) is 0 Å². The molecule has 2 heterocycles. The highest BCUT2D eigenvalue weighted by molar-refractivity contribution is 5.96. The first-order valence-electron chi connectivity index (χ1n) is 12.0. The fourth-order valence-electron chi connectivity index (χ4n) is 5.11. The Hall–Kier alpha value is -4.19. The number of aryl methyl sites for hydroxylation is 2. The summed E-state index contributed by atoms with van der Waals surface area (Å²) in [4.78, 5) is 24.3. The molecule has 3 atom stereocenters. The average molecular weight is 487 g/mol. The molecule has 0 saturated heterocycles. The molecule has 9 heteroatoms. The van der Waals surface area contributed by atoms with Crippen LogP contribution < -0.4 is 5.32 Å². The van der Waals surface area contributed by atoms with E-state index in [9.17, 15) is 14.9 Å². The lowest BCUT2D eigenvalue weighted by Gasteiger charge is -2.27. The van der Waals surface area contributed by atoms with E-state index < -0.39 is 5.97 Å². The number of carboxylic acid groups (broad SMARTS) is 1. The number of aliphatic carboxylic acids is 1. The van der Waals surface area contributed by atoms with Crippen LogP contribution in [0.25, 0.3) is 0 Å². The van der Waals surface area contributed by atoms with Crippen LogP contribution in [0.2, 0.25) is 0 Å². The van der Waals surface area contributed by atoms with Crippen LogP contribution in [0.5, 0.6) is 0 Å². The van der Waals surface area contributed by atoms with Crippen molar-refractivity contribution in [2.45, 2.75) is 44.9 Å². The quantitative estimate of drug-likeness (QED) is 0.594. The molecule has 36 heavy (non-hydrogen) atoms. The summed E-state index contributed by atoms with van der Waals surface area (Å²) < 4.78 is 11.5. The minimum atomic E-state index is -0.861. The second-order valence-electron chi connectivity index (χ2n) is 9.41. The lowest BCUT2D eigenvalue weighted by molar-refractivity contribution is -0.137. The molecule has 1 saturated carbocycles. The van der Waals surface area contributed by atoms with Gasteiger partial charge in [-0.3, -0.25) is 9.59 Å². The molecule has 1 aromatic carbocycles. The predicted molar refractivity (Wildman–Crippen MR) is 129 cm³/mol. The molecule has 2 aromatic rings. The number of carbonyl (C=O) groups excluding carboxylic acids is 1. The number of rotatable bonds is 7. The van der Waals surface area contributed by atoms with Gasteiger partial charge in [-0.05, 0) is 49.5 Å². The largest absolute Gasteiger partial charge is 0.493 e. The second kappa shape index (κ2) is 9.46. The first-order chi connectivity index (χ1) is 17.4. The van der Waals surface area contributed by atoms with E-state index in [-0.39, 0.29) is 29.6 Å². The van der Waals surface area contributed by atoms with Gasteiger partial charge in [0, 0.05) is 35.9 Å². The molecule has 1 aromatic heterocycles. The zero-order valence-electron chi connectivity index (χ0n) is 19.9. The molecule has 1 aliphatic heterocycles. The standard InChI is InChI=1S/C27H26N4O5/c1-16-30-31-26(36-16)19-7-9-20-23(10-8-19)35-12-11-27(20)14-21(27)25(34)29-22-13-17(15-28)5-6-18(22)3-2-4-24(32)33/h5-10,13,19,21H,2-4,11-12,14H2,1H3,(H,29,34)(H,32,33)/t19?,21-,27-/m0/s1. The van der Waals surface area contributed by atoms with Gasteiger partial charge in [-0.15, -0.1) is 10.2 Å². The van der Waals surface area contributed by atoms with Crippen LogP contribution in [0.4, 0.5) is 5.69 Å². The van der Waals surface area contributed by atoms with Gasteiger partial charge in [0.05, 0.1) is 24.2 Å². The minimum Gasteiger partial charge on any atom is -0.493 e. The van der Waals surface area contributed by atoms with Crippen molar-refractivity contribution in [2.24, 2.45) is 11.3 Å². The van der Waals surface area contributed by atoms with Crippen molar-refractivity contribution in [3.8, 4) is 6.07 Å². The van der Waals surface area contributed by atoms with Gasteiger partial charge in [0.15, 0.2) is 0 Å². The summed E-state index contributed by atoms with van der Waals surface area (Å²) in [6.07, 6.45) is 10.3. The summed E-state index contributed by atoms with van der Waals surface area (Å²) in [5.74, 6) is 0.390. The van der Waals surface area contributed by atoms with Crippen molar-refractivity contribution in [3.63, 3.8) is 0 Å². The van der Waals surface area contributed by atoms with Crippen molar-refractivity contribution in [1.29, 1.82) is 5.26 Å². The van der Waals surface area contributed by atoms with Crippen molar-refractivity contribution in [2.75, 3.05) is 11.9 Å². The number of allylic oxidation sites excluding steroid dienone is 5. The van der Waals surface area contributed by atoms with Crippen molar-refractivity contribution >= 4 is 17.6 Å². The van der Waals surface area contributed by atoms with E-state index in [1.807, 2.05) is 24.3 Å². The molecule has 0 radical (unpaired) electrons. The maximum absolute atomic E-state index is 13.4. The molecular formula is C27H26N4O5. The van der Waals surface area contributed by atoms with Crippen LogP contribution >= 0.6 is 0 Å².